The number of hydrogen-bond acceptors (Lipinski definition) is 6. The minimum Gasteiger partial charge on any atom is -0.312 e. The van der Waals surface area contributed by atoms with Gasteiger partial charge in [-0.3, -0.25) is 4.72 Å². The molecule has 0 bridgehead atoms. The van der Waals surface area contributed by atoms with Gasteiger partial charge in [-0.05, 0) is 19.5 Å². The van der Waals surface area contributed by atoms with E-state index in [9.17, 15) is 8.42 Å². The Morgan fingerprint density at radius 1 is 1.30 bits per heavy atom. The number of aryl methyl sites for hydroxylation is 1. The summed E-state index contributed by atoms with van der Waals surface area (Å²) in [7, 11) is -3.60. The van der Waals surface area contributed by atoms with E-state index in [1.165, 1.54) is 30.1 Å². The maximum Gasteiger partial charge on any atom is 0.263 e. The lowest BCUT2D eigenvalue weighted by atomic mass is 10.4. The van der Waals surface area contributed by atoms with Crippen LogP contribution in [0.15, 0.2) is 29.7 Å². The molecule has 2 heterocycles. The highest BCUT2D eigenvalue weighted by Crippen LogP contribution is 2.27. The van der Waals surface area contributed by atoms with E-state index in [1.807, 2.05) is 6.92 Å². The summed E-state index contributed by atoms with van der Waals surface area (Å²) in [6.45, 7) is 5.33. The fourth-order valence-electron chi connectivity index (χ4n) is 1.69. The van der Waals surface area contributed by atoms with Crippen molar-refractivity contribution in [2.24, 2.45) is 0 Å². The molecule has 2 rings (SSSR count). The number of aromatic nitrogens is 2. The quantitative estimate of drug-likeness (QED) is 0.849. The molecule has 0 saturated heterocycles. The van der Waals surface area contributed by atoms with Crippen LogP contribution >= 0.6 is 11.3 Å². The Morgan fingerprint density at radius 3 is 2.65 bits per heavy atom. The predicted molar refractivity (Wildman–Crippen MR) is 79.3 cm³/mol. The van der Waals surface area contributed by atoms with E-state index < -0.39 is 10.0 Å². The summed E-state index contributed by atoms with van der Waals surface area (Å²) in [6, 6.07) is 1.70. The molecule has 0 aromatic carbocycles. The van der Waals surface area contributed by atoms with E-state index >= 15 is 0 Å². The van der Waals surface area contributed by atoms with Crippen molar-refractivity contribution in [2.45, 2.75) is 25.3 Å². The standard InChI is InChI=1S/C12H16N4O2S2/c1-3-13-7-11-4-12(9(2)19-11)20(17,18)16-10-5-14-8-15-6-10/h4-6,8,13,16H,3,7H2,1-2H3. The minimum absolute atomic E-state index is 0.305. The van der Waals surface area contributed by atoms with Crippen molar-refractivity contribution in [1.29, 1.82) is 0 Å². The summed E-state index contributed by atoms with van der Waals surface area (Å²) >= 11 is 1.48. The molecule has 0 fully saturated rings. The van der Waals surface area contributed by atoms with Gasteiger partial charge in [0.2, 0.25) is 0 Å². The van der Waals surface area contributed by atoms with Gasteiger partial charge in [0.05, 0.1) is 18.1 Å². The third-order valence-electron chi connectivity index (χ3n) is 2.57. The molecule has 0 radical (unpaired) electrons. The largest absolute Gasteiger partial charge is 0.312 e. The minimum atomic E-state index is -3.60. The molecular weight excluding hydrogens is 296 g/mol. The molecule has 0 unspecified atom stereocenters. The summed E-state index contributed by atoms with van der Waals surface area (Å²) in [4.78, 5) is 9.64. The third-order valence-corrected chi connectivity index (χ3v) is 5.26. The molecule has 0 atom stereocenters. The smallest absolute Gasteiger partial charge is 0.263 e. The Kier molecular flexibility index (Phi) is 4.69. The lowest BCUT2D eigenvalue weighted by Gasteiger charge is -2.06. The van der Waals surface area contributed by atoms with Crippen LogP contribution < -0.4 is 10.0 Å². The van der Waals surface area contributed by atoms with Crippen LogP contribution in [-0.4, -0.2) is 24.9 Å². The molecule has 2 N–H and O–H groups in total. The topological polar surface area (TPSA) is 84.0 Å². The van der Waals surface area contributed by atoms with Gasteiger partial charge < -0.3 is 5.32 Å². The lowest BCUT2D eigenvalue weighted by molar-refractivity contribution is 0.601. The molecule has 2 aromatic heterocycles. The number of rotatable bonds is 6. The van der Waals surface area contributed by atoms with Crippen LogP contribution in [-0.2, 0) is 16.6 Å². The first kappa shape index (κ1) is 14.9. The molecule has 0 amide bonds. The zero-order chi connectivity index (χ0) is 14.6. The highest BCUT2D eigenvalue weighted by atomic mass is 32.2. The Bertz CT molecular complexity index is 668. The summed E-state index contributed by atoms with van der Waals surface area (Å²) in [6.07, 6.45) is 4.19. The molecule has 0 aliphatic carbocycles. The second-order valence-electron chi connectivity index (χ2n) is 4.15. The van der Waals surface area contributed by atoms with Crippen LogP contribution in [0, 0.1) is 6.92 Å². The predicted octanol–water partition coefficient (Wildman–Crippen LogP) is 1.76. The van der Waals surface area contributed by atoms with Crippen LogP contribution in [0.3, 0.4) is 0 Å². The SMILES string of the molecule is CCNCc1cc(S(=O)(=O)Nc2cncnc2)c(C)s1. The number of anilines is 1. The van der Waals surface area contributed by atoms with Gasteiger partial charge in [-0.2, -0.15) is 0 Å². The van der Waals surface area contributed by atoms with Crippen molar-refractivity contribution in [1.82, 2.24) is 15.3 Å². The number of nitrogens with one attached hydrogen (secondary N) is 2. The fourth-order valence-corrected chi connectivity index (χ4v) is 4.32. The molecule has 20 heavy (non-hydrogen) atoms. The normalized spacial score (nSPS) is 11.5. The van der Waals surface area contributed by atoms with E-state index in [0.717, 1.165) is 16.3 Å². The molecule has 0 saturated carbocycles. The van der Waals surface area contributed by atoms with Gasteiger partial charge in [0, 0.05) is 16.3 Å². The van der Waals surface area contributed by atoms with Gasteiger partial charge >= 0.3 is 0 Å². The molecule has 8 heteroatoms. The Morgan fingerprint density at radius 2 is 2.00 bits per heavy atom. The van der Waals surface area contributed by atoms with E-state index in [2.05, 4.69) is 20.0 Å². The molecule has 0 spiro atoms. The van der Waals surface area contributed by atoms with Crippen LogP contribution in [0.2, 0.25) is 0 Å². The fraction of sp³-hybridized carbons (Fsp3) is 0.333. The third kappa shape index (κ3) is 3.53. The maximum atomic E-state index is 12.3. The van der Waals surface area contributed by atoms with E-state index in [0.29, 0.717) is 17.1 Å². The Labute approximate surface area is 122 Å². The highest BCUT2D eigenvalue weighted by Gasteiger charge is 2.20. The monoisotopic (exact) mass is 312 g/mol. The first-order chi connectivity index (χ1) is 9.53. The van der Waals surface area contributed by atoms with Gasteiger partial charge in [-0.25, -0.2) is 18.4 Å². The molecular formula is C12H16N4O2S2. The second-order valence-corrected chi connectivity index (χ2v) is 7.14. The average molecular weight is 312 g/mol. The number of hydrogen-bond donors (Lipinski definition) is 2. The molecule has 2 aromatic rings. The first-order valence-corrected chi connectivity index (χ1v) is 8.40. The lowest BCUT2D eigenvalue weighted by Crippen LogP contribution is -2.14. The molecule has 0 aliphatic heterocycles. The van der Waals surface area contributed by atoms with Crippen molar-refractivity contribution in [3.8, 4) is 0 Å². The second kappa shape index (κ2) is 6.29. The summed E-state index contributed by atoms with van der Waals surface area (Å²) < 4.78 is 27.1. The van der Waals surface area contributed by atoms with Crippen LogP contribution in [0.5, 0.6) is 0 Å². The zero-order valence-corrected chi connectivity index (χ0v) is 12.9. The number of thiophene rings is 1. The van der Waals surface area contributed by atoms with Gasteiger partial charge in [0.25, 0.3) is 10.0 Å². The van der Waals surface area contributed by atoms with Crippen molar-refractivity contribution < 1.29 is 8.42 Å². The summed E-state index contributed by atoms with van der Waals surface area (Å²) in [5, 5.41) is 3.18. The van der Waals surface area contributed by atoms with Gasteiger partial charge in [-0.15, -0.1) is 11.3 Å². The van der Waals surface area contributed by atoms with E-state index in [4.69, 9.17) is 0 Å². The Hall–Kier alpha value is -1.51. The number of nitrogens with zero attached hydrogens (tertiary/aromatic N) is 2. The van der Waals surface area contributed by atoms with E-state index in [1.54, 1.807) is 13.0 Å². The summed E-state index contributed by atoms with van der Waals surface area (Å²) in [5.74, 6) is 0. The highest BCUT2D eigenvalue weighted by molar-refractivity contribution is 7.93. The molecule has 0 aliphatic rings. The first-order valence-electron chi connectivity index (χ1n) is 6.11. The van der Waals surface area contributed by atoms with Gasteiger partial charge in [-0.1, -0.05) is 6.92 Å². The van der Waals surface area contributed by atoms with Gasteiger partial charge in [0.15, 0.2) is 0 Å². The summed E-state index contributed by atoms with van der Waals surface area (Å²) in [5.41, 5.74) is 0.353. The van der Waals surface area contributed by atoms with Crippen molar-refractivity contribution in [2.75, 3.05) is 11.3 Å². The van der Waals surface area contributed by atoms with Crippen molar-refractivity contribution in [3.05, 3.63) is 34.5 Å². The van der Waals surface area contributed by atoms with E-state index in [-0.39, 0.29) is 0 Å². The van der Waals surface area contributed by atoms with Crippen LogP contribution in [0.4, 0.5) is 5.69 Å². The van der Waals surface area contributed by atoms with Gasteiger partial charge in [0.1, 0.15) is 11.2 Å². The van der Waals surface area contributed by atoms with Crippen LogP contribution in [0.1, 0.15) is 16.7 Å². The van der Waals surface area contributed by atoms with Crippen molar-refractivity contribution >= 4 is 27.0 Å². The van der Waals surface area contributed by atoms with Crippen LogP contribution in [0.25, 0.3) is 0 Å². The number of sulfonamides is 1. The zero-order valence-electron chi connectivity index (χ0n) is 11.3. The molecule has 108 valence electrons. The van der Waals surface area contributed by atoms with Crippen molar-refractivity contribution in [3.63, 3.8) is 0 Å². The average Bonchev–Trinajstić information content (AvgIpc) is 2.79. The molecule has 6 nitrogen and oxygen atoms in total. The Balaban J connectivity index is 2.23. The maximum absolute atomic E-state index is 12.3.